The molecule has 0 radical (unpaired) electrons. The van der Waals surface area contributed by atoms with Crippen molar-refractivity contribution in [2.24, 2.45) is 0 Å². The standard InChI is InChI=1S/C9H19O4PS/c1-7(2)12-14(10,13-8(3)4)6-11-9(5)15/h7-8H,6H2,1-5H3. The lowest BCUT2D eigenvalue weighted by atomic mass is 10.5. The van der Waals surface area contributed by atoms with Crippen molar-refractivity contribution in [2.45, 2.75) is 46.8 Å². The SMILES string of the molecule is CC(=S)OCP(=O)(OC(C)C)OC(C)C. The quantitative estimate of drug-likeness (QED) is 0.537. The van der Waals surface area contributed by atoms with Crippen molar-refractivity contribution in [3.63, 3.8) is 0 Å². The lowest BCUT2D eigenvalue weighted by Gasteiger charge is -2.22. The third-order valence-electron chi connectivity index (χ3n) is 1.17. The van der Waals surface area contributed by atoms with Gasteiger partial charge in [0.15, 0.2) is 11.4 Å². The average molecular weight is 254 g/mol. The smallest absolute Gasteiger partial charge is 0.368 e. The van der Waals surface area contributed by atoms with Gasteiger partial charge in [0.05, 0.1) is 12.2 Å². The van der Waals surface area contributed by atoms with Gasteiger partial charge in [-0.1, -0.05) is 0 Å². The van der Waals surface area contributed by atoms with Gasteiger partial charge < -0.3 is 13.8 Å². The maximum atomic E-state index is 12.1. The van der Waals surface area contributed by atoms with E-state index in [0.29, 0.717) is 5.05 Å². The van der Waals surface area contributed by atoms with E-state index in [9.17, 15) is 4.57 Å². The van der Waals surface area contributed by atoms with Crippen molar-refractivity contribution in [3.8, 4) is 0 Å². The number of ether oxygens (including phenoxy) is 1. The fourth-order valence-corrected chi connectivity index (χ4v) is 2.85. The van der Waals surface area contributed by atoms with E-state index in [0.717, 1.165) is 0 Å². The predicted octanol–water partition coefficient (Wildman–Crippen LogP) is 3.35. The van der Waals surface area contributed by atoms with Crippen LogP contribution in [-0.4, -0.2) is 23.6 Å². The zero-order valence-electron chi connectivity index (χ0n) is 9.85. The Hall–Kier alpha value is 0.0400. The molecule has 0 N–H and O–H groups in total. The van der Waals surface area contributed by atoms with Gasteiger partial charge in [-0.25, -0.2) is 0 Å². The molecule has 0 aromatic rings. The summed E-state index contributed by atoms with van der Waals surface area (Å²) in [6.07, 6.45) is -0.481. The summed E-state index contributed by atoms with van der Waals surface area (Å²) < 4.78 is 27.6. The molecule has 0 fully saturated rings. The minimum Gasteiger partial charge on any atom is -0.475 e. The summed E-state index contributed by atoms with van der Waals surface area (Å²) >= 11 is 4.74. The van der Waals surface area contributed by atoms with Gasteiger partial charge >= 0.3 is 7.60 Å². The number of hydrogen-bond donors (Lipinski definition) is 0. The topological polar surface area (TPSA) is 44.8 Å². The monoisotopic (exact) mass is 254 g/mol. The van der Waals surface area contributed by atoms with Crippen LogP contribution in [0.25, 0.3) is 0 Å². The molecule has 0 aliphatic rings. The van der Waals surface area contributed by atoms with Crippen LogP contribution in [0.1, 0.15) is 34.6 Å². The van der Waals surface area contributed by atoms with Gasteiger partial charge in [-0.3, -0.25) is 4.57 Å². The minimum atomic E-state index is -3.20. The molecule has 0 saturated carbocycles. The van der Waals surface area contributed by atoms with Crippen molar-refractivity contribution < 1.29 is 18.3 Å². The summed E-state index contributed by atoms with van der Waals surface area (Å²) in [7, 11) is -3.20. The molecule has 15 heavy (non-hydrogen) atoms. The molecule has 0 unspecified atom stereocenters. The Kier molecular flexibility index (Phi) is 6.60. The van der Waals surface area contributed by atoms with E-state index in [1.165, 1.54) is 0 Å². The Morgan fingerprint density at radius 2 is 1.60 bits per heavy atom. The van der Waals surface area contributed by atoms with E-state index in [-0.39, 0.29) is 18.6 Å². The van der Waals surface area contributed by atoms with Gasteiger partial charge in [0.25, 0.3) is 0 Å². The second-order valence-corrected chi connectivity index (χ2v) is 6.16. The highest BCUT2D eigenvalue weighted by Gasteiger charge is 2.28. The molecule has 0 atom stereocenters. The summed E-state index contributed by atoms with van der Waals surface area (Å²) in [4.78, 5) is 0. The van der Waals surface area contributed by atoms with E-state index in [4.69, 9.17) is 26.0 Å². The van der Waals surface area contributed by atoms with Gasteiger partial charge in [-0.2, -0.15) is 0 Å². The van der Waals surface area contributed by atoms with Gasteiger partial charge in [-0.05, 0) is 39.9 Å². The van der Waals surface area contributed by atoms with E-state index >= 15 is 0 Å². The van der Waals surface area contributed by atoms with Crippen molar-refractivity contribution in [1.82, 2.24) is 0 Å². The molecule has 0 aromatic carbocycles. The first-order valence-electron chi connectivity index (χ1n) is 4.84. The Labute approximate surface area is 96.8 Å². The molecule has 0 aliphatic heterocycles. The van der Waals surface area contributed by atoms with Crippen LogP contribution >= 0.6 is 19.8 Å². The van der Waals surface area contributed by atoms with Gasteiger partial charge in [0, 0.05) is 6.92 Å². The fraction of sp³-hybridized carbons (Fsp3) is 0.889. The fourth-order valence-electron chi connectivity index (χ4n) is 0.898. The minimum absolute atomic E-state index is 0.126. The largest absolute Gasteiger partial charge is 0.475 e. The van der Waals surface area contributed by atoms with Crippen molar-refractivity contribution >= 4 is 24.9 Å². The average Bonchev–Trinajstić information content (AvgIpc) is 1.97. The Morgan fingerprint density at radius 1 is 1.20 bits per heavy atom. The first-order chi connectivity index (χ1) is 6.75. The van der Waals surface area contributed by atoms with Gasteiger partial charge in [-0.15, -0.1) is 0 Å². The summed E-state index contributed by atoms with van der Waals surface area (Å²) in [5.41, 5.74) is 0. The molecule has 0 amide bonds. The van der Waals surface area contributed by atoms with E-state index in [1.54, 1.807) is 34.6 Å². The second kappa shape index (κ2) is 6.59. The zero-order valence-corrected chi connectivity index (χ0v) is 11.6. The molecule has 0 aliphatic carbocycles. The first-order valence-corrected chi connectivity index (χ1v) is 6.98. The zero-order chi connectivity index (χ0) is 12.1. The molecule has 6 heteroatoms. The summed E-state index contributed by atoms with van der Waals surface area (Å²) in [5.74, 6) is 0. The van der Waals surface area contributed by atoms with Crippen LogP contribution in [-0.2, 0) is 18.3 Å². The molecule has 90 valence electrons. The second-order valence-electron chi connectivity index (χ2n) is 3.68. The summed E-state index contributed by atoms with van der Waals surface area (Å²) in [5, 5.41) is 0.329. The predicted molar refractivity (Wildman–Crippen MR) is 64.3 cm³/mol. The maximum Gasteiger partial charge on any atom is 0.368 e. The molecule has 0 aromatic heterocycles. The lowest BCUT2D eigenvalue weighted by molar-refractivity contribution is 0.128. The van der Waals surface area contributed by atoms with Crippen LogP contribution in [0.5, 0.6) is 0 Å². The van der Waals surface area contributed by atoms with Crippen molar-refractivity contribution in [2.75, 3.05) is 6.35 Å². The molecule has 0 bridgehead atoms. The summed E-state index contributed by atoms with van der Waals surface area (Å²) in [6, 6.07) is 0. The lowest BCUT2D eigenvalue weighted by Crippen LogP contribution is -2.12. The molecule has 4 nitrogen and oxygen atoms in total. The molecule has 0 heterocycles. The van der Waals surface area contributed by atoms with Crippen molar-refractivity contribution in [1.29, 1.82) is 0 Å². The van der Waals surface area contributed by atoms with E-state index in [1.807, 2.05) is 0 Å². The van der Waals surface area contributed by atoms with Crippen LogP contribution < -0.4 is 0 Å². The maximum absolute atomic E-state index is 12.1. The van der Waals surface area contributed by atoms with Gasteiger partial charge in [0.1, 0.15) is 0 Å². The van der Waals surface area contributed by atoms with E-state index in [2.05, 4.69) is 0 Å². The van der Waals surface area contributed by atoms with Crippen LogP contribution in [0, 0.1) is 0 Å². The van der Waals surface area contributed by atoms with Crippen molar-refractivity contribution in [3.05, 3.63) is 0 Å². The van der Waals surface area contributed by atoms with Crippen LogP contribution in [0.4, 0.5) is 0 Å². The Bertz CT molecular complexity index is 238. The van der Waals surface area contributed by atoms with Crippen LogP contribution in [0.2, 0.25) is 0 Å². The third-order valence-corrected chi connectivity index (χ3v) is 3.22. The molecular formula is C9H19O4PS. The first kappa shape index (κ1) is 15.0. The normalized spacial score (nSPS) is 12.2. The highest BCUT2D eigenvalue weighted by Crippen LogP contribution is 2.50. The van der Waals surface area contributed by atoms with E-state index < -0.39 is 7.60 Å². The highest BCUT2D eigenvalue weighted by atomic mass is 32.1. The van der Waals surface area contributed by atoms with Crippen LogP contribution in [0.3, 0.4) is 0 Å². The Balaban J connectivity index is 4.40. The number of thiocarbonyl (C=S) groups is 1. The molecule has 0 spiro atoms. The molecular weight excluding hydrogens is 235 g/mol. The Morgan fingerprint density at radius 3 is 1.87 bits per heavy atom. The highest BCUT2D eigenvalue weighted by molar-refractivity contribution is 7.80. The molecule has 0 rings (SSSR count). The summed E-state index contributed by atoms with van der Waals surface area (Å²) in [6.45, 7) is 8.78. The third kappa shape index (κ3) is 7.91. The van der Waals surface area contributed by atoms with Crippen LogP contribution in [0.15, 0.2) is 0 Å². The van der Waals surface area contributed by atoms with Gasteiger partial charge in [0.2, 0.25) is 0 Å². The molecule has 0 saturated heterocycles. The number of rotatable bonds is 6. The number of hydrogen-bond acceptors (Lipinski definition) is 5.